The Morgan fingerprint density at radius 1 is 1.21 bits per heavy atom. The van der Waals surface area contributed by atoms with Gasteiger partial charge < -0.3 is 15.2 Å². The highest BCUT2D eigenvalue weighted by Gasteiger charge is 2.63. The topological polar surface area (TPSA) is 75.6 Å². The summed E-state index contributed by atoms with van der Waals surface area (Å²) >= 11 is 6.00. The Labute approximate surface area is 144 Å². The SMILES string of the molecule is COc1ccc(Cl)cc1NC(=O)[C@@H]1[C@H]2C=C[C@@H]([C@@H]3C[C@H]23)[C@H]1C(=O)O. The zero-order valence-corrected chi connectivity index (χ0v) is 13.9. The Morgan fingerprint density at radius 2 is 1.88 bits per heavy atom. The molecule has 4 aliphatic carbocycles. The van der Waals surface area contributed by atoms with Crippen LogP contribution in [-0.4, -0.2) is 24.1 Å². The van der Waals surface area contributed by atoms with Gasteiger partial charge >= 0.3 is 5.97 Å². The van der Waals surface area contributed by atoms with Crippen molar-refractivity contribution in [3.8, 4) is 5.75 Å². The molecule has 2 saturated carbocycles. The number of halogens is 1. The third-order valence-corrected chi connectivity index (χ3v) is 5.89. The summed E-state index contributed by atoms with van der Waals surface area (Å²) in [5.74, 6) is -1.01. The first-order valence-electron chi connectivity index (χ1n) is 8.07. The maximum absolute atomic E-state index is 12.9. The van der Waals surface area contributed by atoms with Crippen molar-refractivity contribution in [2.45, 2.75) is 6.42 Å². The molecule has 2 N–H and O–H groups in total. The second-order valence-electron chi connectivity index (χ2n) is 6.83. The number of hydrogen-bond acceptors (Lipinski definition) is 3. The number of carboxylic acid groups (broad SMARTS) is 1. The molecule has 0 unspecified atom stereocenters. The van der Waals surface area contributed by atoms with Crippen LogP contribution < -0.4 is 10.1 Å². The number of hydrogen-bond donors (Lipinski definition) is 2. The summed E-state index contributed by atoms with van der Waals surface area (Å²) < 4.78 is 5.25. The van der Waals surface area contributed by atoms with Crippen molar-refractivity contribution >= 4 is 29.2 Å². The molecule has 0 saturated heterocycles. The molecule has 6 atom stereocenters. The second-order valence-corrected chi connectivity index (χ2v) is 7.26. The van der Waals surface area contributed by atoms with E-state index in [9.17, 15) is 14.7 Å². The van der Waals surface area contributed by atoms with Crippen molar-refractivity contribution in [3.63, 3.8) is 0 Å². The zero-order chi connectivity index (χ0) is 17.0. The van der Waals surface area contributed by atoms with Gasteiger partial charge in [0.25, 0.3) is 0 Å². The molecule has 126 valence electrons. The summed E-state index contributed by atoms with van der Waals surface area (Å²) in [6, 6.07) is 4.97. The van der Waals surface area contributed by atoms with Crippen molar-refractivity contribution < 1.29 is 19.4 Å². The van der Waals surface area contributed by atoms with Gasteiger partial charge in [0, 0.05) is 5.02 Å². The molecule has 1 amide bonds. The van der Waals surface area contributed by atoms with E-state index in [0.29, 0.717) is 28.3 Å². The van der Waals surface area contributed by atoms with Crippen molar-refractivity contribution in [1.82, 2.24) is 0 Å². The Morgan fingerprint density at radius 3 is 2.50 bits per heavy atom. The largest absolute Gasteiger partial charge is 0.495 e. The highest BCUT2D eigenvalue weighted by atomic mass is 35.5. The fraction of sp³-hybridized carbons (Fsp3) is 0.444. The van der Waals surface area contributed by atoms with Crippen LogP contribution >= 0.6 is 11.6 Å². The Kier molecular flexibility index (Phi) is 3.57. The summed E-state index contributed by atoms with van der Waals surface area (Å²) in [6.07, 6.45) is 5.06. The lowest BCUT2D eigenvalue weighted by Crippen LogP contribution is -2.48. The van der Waals surface area contributed by atoms with E-state index in [0.717, 1.165) is 6.42 Å². The van der Waals surface area contributed by atoms with Crippen LogP contribution in [0.5, 0.6) is 5.75 Å². The number of carbonyl (C=O) groups is 2. The van der Waals surface area contributed by atoms with Crippen LogP contribution in [0, 0.1) is 35.5 Å². The van der Waals surface area contributed by atoms with Crippen LogP contribution in [0.1, 0.15) is 6.42 Å². The van der Waals surface area contributed by atoms with Gasteiger partial charge in [0.2, 0.25) is 5.91 Å². The average Bonchev–Trinajstić information content (AvgIpc) is 3.36. The molecule has 1 aromatic carbocycles. The number of allylic oxidation sites excluding steroid dienone is 2. The molecule has 0 aliphatic heterocycles. The number of ether oxygens (including phenoxy) is 1. The molecule has 0 heterocycles. The molecule has 4 aliphatic rings. The van der Waals surface area contributed by atoms with E-state index in [-0.39, 0.29) is 17.7 Å². The number of carbonyl (C=O) groups excluding carboxylic acids is 1. The number of fused-ring (bicyclic) bond motifs is 1. The highest BCUT2D eigenvalue weighted by molar-refractivity contribution is 6.31. The smallest absolute Gasteiger partial charge is 0.307 e. The average molecular weight is 348 g/mol. The number of rotatable bonds is 4. The Hall–Kier alpha value is -2.01. The minimum atomic E-state index is -0.891. The predicted molar refractivity (Wildman–Crippen MR) is 89.0 cm³/mol. The van der Waals surface area contributed by atoms with E-state index in [2.05, 4.69) is 5.32 Å². The van der Waals surface area contributed by atoms with Crippen LogP contribution in [-0.2, 0) is 9.59 Å². The molecule has 0 radical (unpaired) electrons. The standard InChI is InChI=1S/C18H18ClNO4/c1-24-14-5-2-8(19)6-13(14)20-17(21)15-9-3-4-10(12-7-11(9)12)16(15)18(22)23/h2-6,9-12,15-16H,7H2,1H3,(H,20,21)(H,22,23)/t9-,10-,11+,12-,15+,16+/m0/s1. The number of anilines is 1. The number of nitrogens with one attached hydrogen (secondary N) is 1. The van der Waals surface area contributed by atoms with Crippen LogP contribution in [0.3, 0.4) is 0 Å². The van der Waals surface area contributed by atoms with E-state index in [1.165, 1.54) is 7.11 Å². The third kappa shape index (κ3) is 2.30. The normalized spacial score (nSPS) is 35.2. The minimum Gasteiger partial charge on any atom is -0.495 e. The molecule has 0 aromatic heterocycles. The molecule has 5 nitrogen and oxygen atoms in total. The molecule has 6 heteroatoms. The van der Waals surface area contributed by atoms with Crippen LogP contribution in [0.4, 0.5) is 5.69 Å². The van der Waals surface area contributed by atoms with Gasteiger partial charge in [0.1, 0.15) is 5.75 Å². The Bertz CT molecular complexity index is 747. The molecule has 0 spiro atoms. The maximum atomic E-state index is 12.9. The first-order valence-corrected chi connectivity index (χ1v) is 8.44. The maximum Gasteiger partial charge on any atom is 0.307 e. The lowest BCUT2D eigenvalue weighted by molar-refractivity contribution is -0.152. The van der Waals surface area contributed by atoms with Gasteiger partial charge in [-0.1, -0.05) is 23.8 Å². The summed E-state index contributed by atoms with van der Waals surface area (Å²) in [6.45, 7) is 0. The number of benzene rings is 1. The quantitative estimate of drug-likeness (QED) is 0.821. The van der Waals surface area contributed by atoms with Gasteiger partial charge in [0.15, 0.2) is 0 Å². The third-order valence-electron chi connectivity index (χ3n) is 5.66. The van der Waals surface area contributed by atoms with E-state index in [4.69, 9.17) is 16.3 Å². The van der Waals surface area contributed by atoms with E-state index in [1.54, 1.807) is 18.2 Å². The summed E-state index contributed by atoms with van der Waals surface area (Å²) in [4.78, 5) is 24.7. The fourth-order valence-electron chi connectivity index (χ4n) is 4.56. The van der Waals surface area contributed by atoms with Gasteiger partial charge in [-0.3, -0.25) is 9.59 Å². The van der Waals surface area contributed by atoms with Gasteiger partial charge in [-0.15, -0.1) is 0 Å². The van der Waals surface area contributed by atoms with Gasteiger partial charge in [0.05, 0.1) is 24.6 Å². The first-order chi connectivity index (χ1) is 11.5. The summed E-state index contributed by atoms with van der Waals surface area (Å²) in [5.41, 5.74) is 0.469. The Balaban J connectivity index is 1.63. The number of aliphatic carboxylic acids is 1. The second kappa shape index (κ2) is 5.52. The monoisotopic (exact) mass is 347 g/mol. The van der Waals surface area contributed by atoms with Crippen LogP contribution in [0.15, 0.2) is 30.4 Å². The lowest BCUT2D eigenvalue weighted by Gasteiger charge is -2.41. The number of methoxy groups -OCH3 is 1. The molecule has 2 bridgehead atoms. The molecule has 24 heavy (non-hydrogen) atoms. The first kappa shape index (κ1) is 15.5. The highest BCUT2D eigenvalue weighted by Crippen LogP contribution is 2.63. The number of carboxylic acids is 1. The van der Waals surface area contributed by atoms with Crippen molar-refractivity contribution in [1.29, 1.82) is 0 Å². The molecular formula is C18H18ClNO4. The molecule has 5 rings (SSSR count). The molecule has 1 aromatic rings. The van der Waals surface area contributed by atoms with Gasteiger partial charge in [-0.25, -0.2) is 0 Å². The van der Waals surface area contributed by atoms with E-state index >= 15 is 0 Å². The minimum absolute atomic E-state index is 0.00581. The molecule has 2 fully saturated rings. The zero-order valence-electron chi connectivity index (χ0n) is 13.1. The fourth-order valence-corrected chi connectivity index (χ4v) is 4.74. The van der Waals surface area contributed by atoms with Crippen LogP contribution in [0.25, 0.3) is 0 Å². The van der Waals surface area contributed by atoms with Crippen molar-refractivity contribution in [2.24, 2.45) is 35.5 Å². The van der Waals surface area contributed by atoms with Crippen LogP contribution in [0.2, 0.25) is 5.02 Å². The van der Waals surface area contributed by atoms with Crippen molar-refractivity contribution in [2.75, 3.05) is 12.4 Å². The van der Waals surface area contributed by atoms with E-state index < -0.39 is 17.8 Å². The lowest BCUT2D eigenvalue weighted by atomic mass is 9.62. The predicted octanol–water partition coefficient (Wildman–Crippen LogP) is 3.06. The van der Waals surface area contributed by atoms with Crippen molar-refractivity contribution in [3.05, 3.63) is 35.4 Å². The summed E-state index contributed by atoms with van der Waals surface area (Å²) in [7, 11) is 1.51. The van der Waals surface area contributed by atoms with E-state index in [1.807, 2.05) is 12.2 Å². The van der Waals surface area contributed by atoms with Gasteiger partial charge in [-0.2, -0.15) is 0 Å². The molecular weight excluding hydrogens is 330 g/mol. The summed E-state index contributed by atoms with van der Waals surface area (Å²) in [5, 5.41) is 13.0. The van der Waals surface area contributed by atoms with Gasteiger partial charge in [-0.05, 0) is 48.3 Å². The number of amides is 1.